The summed E-state index contributed by atoms with van der Waals surface area (Å²) < 4.78 is 0. The average Bonchev–Trinajstić information content (AvgIpc) is 2.26. The summed E-state index contributed by atoms with van der Waals surface area (Å²) in [7, 11) is 0. The van der Waals surface area contributed by atoms with Crippen molar-refractivity contribution in [2.45, 2.75) is 45.8 Å². The van der Waals surface area contributed by atoms with Crippen LogP contribution in [-0.4, -0.2) is 17.3 Å². The van der Waals surface area contributed by atoms with Gasteiger partial charge in [0.15, 0.2) is 0 Å². The minimum Gasteiger partial charge on any atom is -0.391 e. The SMILES string of the molecule is CC1(C)[C@H]2CC[C@]1(C)[C@H](O)[C@H]2N. The minimum atomic E-state index is -0.286. The van der Waals surface area contributed by atoms with Crippen molar-refractivity contribution in [3.05, 3.63) is 0 Å². The Kier molecular flexibility index (Phi) is 1.45. The van der Waals surface area contributed by atoms with Crippen LogP contribution in [0, 0.1) is 16.7 Å². The van der Waals surface area contributed by atoms with Crippen LogP contribution in [-0.2, 0) is 0 Å². The van der Waals surface area contributed by atoms with Crippen LogP contribution < -0.4 is 5.73 Å². The Bertz CT molecular complexity index is 214. The van der Waals surface area contributed by atoms with Gasteiger partial charge in [-0.25, -0.2) is 0 Å². The molecule has 2 bridgehead atoms. The number of fused-ring (bicyclic) bond motifs is 2. The first-order chi connectivity index (χ1) is 5.41. The fraction of sp³-hybridized carbons (Fsp3) is 1.00. The maximum Gasteiger partial charge on any atom is 0.0752 e. The monoisotopic (exact) mass is 169 g/mol. The lowest BCUT2D eigenvalue weighted by molar-refractivity contribution is 0.00582. The molecule has 2 aliphatic carbocycles. The third kappa shape index (κ3) is 0.647. The van der Waals surface area contributed by atoms with Crippen molar-refractivity contribution in [2.75, 3.05) is 0 Å². The maximum atomic E-state index is 9.96. The zero-order valence-electron chi connectivity index (χ0n) is 8.17. The number of nitrogens with two attached hydrogens (primary N) is 1. The van der Waals surface area contributed by atoms with E-state index in [9.17, 15) is 5.11 Å². The Morgan fingerprint density at radius 3 is 2.17 bits per heavy atom. The highest BCUT2D eigenvalue weighted by Gasteiger charge is 2.64. The normalized spacial score (nSPS) is 56.2. The van der Waals surface area contributed by atoms with Gasteiger partial charge >= 0.3 is 0 Å². The van der Waals surface area contributed by atoms with E-state index < -0.39 is 0 Å². The first-order valence-corrected chi connectivity index (χ1v) is 4.85. The molecule has 4 atom stereocenters. The van der Waals surface area contributed by atoms with E-state index in [0.717, 1.165) is 6.42 Å². The summed E-state index contributed by atoms with van der Waals surface area (Å²) in [4.78, 5) is 0. The van der Waals surface area contributed by atoms with Crippen LogP contribution in [0.4, 0.5) is 0 Å². The molecule has 0 aliphatic heterocycles. The topological polar surface area (TPSA) is 46.2 Å². The van der Waals surface area contributed by atoms with Crippen molar-refractivity contribution in [1.82, 2.24) is 0 Å². The second-order valence-corrected chi connectivity index (χ2v) is 5.31. The van der Waals surface area contributed by atoms with Gasteiger partial charge in [0, 0.05) is 11.5 Å². The van der Waals surface area contributed by atoms with E-state index in [4.69, 9.17) is 5.73 Å². The molecule has 0 spiro atoms. The van der Waals surface area contributed by atoms with Crippen LogP contribution in [0.5, 0.6) is 0 Å². The van der Waals surface area contributed by atoms with Crippen LogP contribution >= 0.6 is 0 Å². The van der Waals surface area contributed by atoms with E-state index in [2.05, 4.69) is 20.8 Å². The number of hydrogen-bond acceptors (Lipinski definition) is 2. The summed E-state index contributed by atoms with van der Waals surface area (Å²) in [6, 6.07) is 0.0127. The van der Waals surface area contributed by atoms with Crippen molar-refractivity contribution in [3.8, 4) is 0 Å². The summed E-state index contributed by atoms with van der Waals surface area (Å²) >= 11 is 0. The molecule has 0 amide bonds. The molecular weight excluding hydrogens is 150 g/mol. The predicted octanol–water partition coefficient (Wildman–Crippen LogP) is 1.13. The van der Waals surface area contributed by atoms with Crippen LogP contribution in [0.1, 0.15) is 33.6 Å². The molecule has 2 fully saturated rings. The smallest absolute Gasteiger partial charge is 0.0752 e. The third-order valence-corrected chi connectivity index (χ3v) is 4.86. The molecule has 0 unspecified atom stereocenters. The molecule has 0 radical (unpaired) electrons. The lowest BCUT2D eigenvalue weighted by atomic mass is 9.70. The number of rotatable bonds is 0. The Hall–Kier alpha value is -0.0800. The van der Waals surface area contributed by atoms with Gasteiger partial charge in [-0.1, -0.05) is 20.8 Å². The second kappa shape index (κ2) is 2.05. The van der Waals surface area contributed by atoms with Gasteiger partial charge in [-0.2, -0.15) is 0 Å². The molecule has 0 saturated heterocycles. The largest absolute Gasteiger partial charge is 0.391 e. The Morgan fingerprint density at radius 2 is 1.92 bits per heavy atom. The molecule has 2 aliphatic rings. The van der Waals surface area contributed by atoms with Gasteiger partial charge < -0.3 is 10.8 Å². The molecule has 2 heteroatoms. The Labute approximate surface area is 74.1 Å². The minimum absolute atomic E-state index is 0.0127. The molecule has 2 saturated carbocycles. The van der Waals surface area contributed by atoms with E-state index >= 15 is 0 Å². The highest BCUT2D eigenvalue weighted by Crippen LogP contribution is 2.64. The van der Waals surface area contributed by atoms with Gasteiger partial charge in [0.25, 0.3) is 0 Å². The first-order valence-electron chi connectivity index (χ1n) is 4.85. The average molecular weight is 169 g/mol. The molecule has 2 nitrogen and oxygen atoms in total. The van der Waals surface area contributed by atoms with Gasteiger partial charge in [0.2, 0.25) is 0 Å². The molecule has 0 heterocycles. The molecule has 70 valence electrons. The lowest BCUT2D eigenvalue weighted by Crippen LogP contribution is -2.43. The quantitative estimate of drug-likeness (QED) is 0.571. The number of hydrogen-bond donors (Lipinski definition) is 2. The van der Waals surface area contributed by atoms with E-state index in [0.29, 0.717) is 5.92 Å². The summed E-state index contributed by atoms with van der Waals surface area (Å²) in [5.74, 6) is 0.525. The molecule has 2 rings (SSSR count). The Morgan fingerprint density at radius 1 is 1.33 bits per heavy atom. The molecule has 0 aromatic rings. The highest BCUT2D eigenvalue weighted by molar-refractivity contribution is 5.16. The Balaban J connectivity index is 2.44. The van der Waals surface area contributed by atoms with Gasteiger partial charge in [0.05, 0.1) is 6.10 Å². The van der Waals surface area contributed by atoms with E-state index in [1.54, 1.807) is 0 Å². The number of aliphatic hydroxyl groups excluding tert-OH is 1. The second-order valence-electron chi connectivity index (χ2n) is 5.31. The molecule has 3 N–H and O–H groups in total. The summed E-state index contributed by atoms with van der Waals surface area (Å²) in [5.41, 5.74) is 6.27. The first kappa shape index (κ1) is 8.52. The van der Waals surface area contributed by atoms with Crippen LogP contribution in [0.25, 0.3) is 0 Å². The van der Waals surface area contributed by atoms with Gasteiger partial charge in [-0.15, -0.1) is 0 Å². The maximum absolute atomic E-state index is 9.96. The predicted molar refractivity (Wildman–Crippen MR) is 48.6 cm³/mol. The number of aliphatic hydroxyl groups is 1. The molecule has 0 aromatic heterocycles. The fourth-order valence-corrected chi connectivity index (χ4v) is 3.41. The van der Waals surface area contributed by atoms with Crippen LogP contribution in [0.2, 0.25) is 0 Å². The van der Waals surface area contributed by atoms with E-state index in [-0.39, 0.29) is 23.0 Å². The summed E-state index contributed by atoms with van der Waals surface area (Å²) in [5, 5.41) is 9.96. The van der Waals surface area contributed by atoms with Crippen molar-refractivity contribution in [2.24, 2.45) is 22.5 Å². The lowest BCUT2D eigenvalue weighted by Gasteiger charge is -2.36. The van der Waals surface area contributed by atoms with E-state index in [1.165, 1.54) is 6.42 Å². The van der Waals surface area contributed by atoms with Crippen LogP contribution in [0.3, 0.4) is 0 Å². The van der Waals surface area contributed by atoms with Crippen molar-refractivity contribution < 1.29 is 5.11 Å². The molecule has 0 aromatic carbocycles. The zero-order chi connectivity index (χ0) is 9.15. The third-order valence-electron chi connectivity index (χ3n) is 4.86. The van der Waals surface area contributed by atoms with Crippen molar-refractivity contribution >= 4 is 0 Å². The van der Waals surface area contributed by atoms with Gasteiger partial charge in [-0.3, -0.25) is 0 Å². The highest BCUT2D eigenvalue weighted by atomic mass is 16.3. The molecule has 12 heavy (non-hydrogen) atoms. The standard InChI is InChI=1S/C10H19NO/c1-9(2)6-4-5-10(9,3)8(12)7(6)11/h6-8,12H,4-5,11H2,1-3H3/t6-,7-,8+,10+/m0/s1. The molecular formula is C10H19NO. The van der Waals surface area contributed by atoms with E-state index in [1.807, 2.05) is 0 Å². The van der Waals surface area contributed by atoms with Crippen LogP contribution in [0.15, 0.2) is 0 Å². The van der Waals surface area contributed by atoms with Crippen molar-refractivity contribution in [1.29, 1.82) is 0 Å². The van der Waals surface area contributed by atoms with Crippen molar-refractivity contribution in [3.63, 3.8) is 0 Å². The van der Waals surface area contributed by atoms with Gasteiger partial charge in [0.1, 0.15) is 0 Å². The summed E-state index contributed by atoms with van der Waals surface area (Å²) in [6.45, 7) is 6.69. The summed E-state index contributed by atoms with van der Waals surface area (Å²) in [6.07, 6.45) is 2.05. The van der Waals surface area contributed by atoms with Gasteiger partial charge in [-0.05, 0) is 24.2 Å². The zero-order valence-corrected chi connectivity index (χ0v) is 8.17. The fourth-order valence-electron chi connectivity index (χ4n) is 3.41.